The van der Waals surface area contributed by atoms with Gasteiger partial charge in [0, 0.05) is 23.5 Å². The fourth-order valence-corrected chi connectivity index (χ4v) is 2.99. The van der Waals surface area contributed by atoms with Gasteiger partial charge in [0.05, 0.1) is 0 Å². The van der Waals surface area contributed by atoms with Crippen molar-refractivity contribution in [3.05, 3.63) is 58.1 Å². The number of carbonyl (C=O) groups is 1. The Labute approximate surface area is 125 Å². The van der Waals surface area contributed by atoms with E-state index in [-0.39, 0.29) is 5.91 Å². The Morgan fingerprint density at radius 2 is 1.86 bits per heavy atom. The van der Waals surface area contributed by atoms with E-state index in [4.69, 9.17) is 5.73 Å². The molecule has 1 aliphatic rings. The van der Waals surface area contributed by atoms with Crippen LogP contribution in [0.1, 0.15) is 32.6 Å². The lowest BCUT2D eigenvalue weighted by Gasteiger charge is -2.19. The fourth-order valence-electron chi connectivity index (χ4n) is 2.99. The first-order valence-corrected chi connectivity index (χ1v) is 7.25. The van der Waals surface area contributed by atoms with Gasteiger partial charge >= 0.3 is 0 Å². The second-order valence-electron chi connectivity index (χ2n) is 5.86. The summed E-state index contributed by atoms with van der Waals surface area (Å²) in [5, 5.41) is 0. The summed E-state index contributed by atoms with van der Waals surface area (Å²) in [6, 6.07) is 9.98. The number of nitrogens with zero attached hydrogens (tertiary/aromatic N) is 1. The molecule has 2 N–H and O–H groups in total. The summed E-state index contributed by atoms with van der Waals surface area (Å²) in [6.45, 7) is 6.76. The van der Waals surface area contributed by atoms with Crippen LogP contribution in [0.2, 0.25) is 0 Å². The molecule has 1 heterocycles. The molecule has 0 radical (unpaired) electrons. The highest BCUT2D eigenvalue weighted by atomic mass is 16.2. The SMILES string of the molecule is Cc1ccc(C(=O)N2CCc3cc(C)c(N)cc32)c(C)c1. The fraction of sp³-hybridized carbons (Fsp3) is 0.278. The van der Waals surface area contributed by atoms with Crippen molar-refractivity contribution < 1.29 is 4.79 Å². The highest BCUT2D eigenvalue weighted by Gasteiger charge is 2.27. The highest BCUT2D eigenvalue weighted by Crippen LogP contribution is 2.33. The monoisotopic (exact) mass is 280 g/mol. The van der Waals surface area contributed by atoms with Crippen LogP contribution in [0.5, 0.6) is 0 Å². The molecule has 108 valence electrons. The van der Waals surface area contributed by atoms with Gasteiger partial charge < -0.3 is 10.6 Å². The number of carbonyl (C=O) groups excluding carboxylic acids is 1. The molecule has 21 heavy (non-hydrogen) atoms. The van der Waals surface area contributed by atoms with Gasteiger partial charge in [-0.25, -0.2) is 0 Å². The summed E-state index contributed by atoms with van der Waals surface area (Å²) in [6.07, 6.45) is 0.896. The molecule has 2 aromatic carbocycles. The zero-order valence-electron chi connectivity index (χ0n) is 12.7. The van der Waals surface area contributed by atoms with Crippen LogP contribution in [-0.2, 0) is 6.42 Å². The minimum Gasteiger partial charge on any atom is -0.398 e. The normalized spacial score (nSPS) is 13.4. The van der Waals surface area contributed by atoms with Gasteiger partial charge in [0.1, 0.15) is 0 Å². The van der Waals surface area contributed by atoms with Crippen molar-refractivity contribution in [1.82, 2.24) is 0 Å². The molecule has 3 heteroatoms. The maximum Gasteiger partial charge on any atom is 0.258 e. The van der Waals surface area contributed by atoms with Gasteiger partial charge in [-0.05, 0) is 56.0 Å². The third-order valence-electron chi connectivity index (χ3n) is 4.22. The first-order valence-electron chi connectivity index (χ1n) is 7.25. The van der Waals surface area contributed by atoms with Gasteiger partial charge in [0.25, 0.3) is 5.91 Å². The summed E-state index contributed by atoms with van der Waals surface area (Å²) < 4.78 is 0. The van der Waals surface area contributed by atoms with Gasteiger partial charge in [0.15, 0.2) is 0 Å². The van der Waals surface area contributed by atoms with Crippen molar-refractivity contribution in [2.75, 3.05) is 17.2 Å². The number of anilines is 2. The number of hydrogen-bond donors (Lipinski definition) is 1. The van der Waals surface area contributed by atoms with Crippen molar-refractivity contribution in [2.45, 2.75) is 27.2 Å². The molecular formula is C18H20N2O. The van der Waals surface area contributed by atoms with Crippen LogP contribution in [0.3, 0.4) is 0 Å². The molecule has 0 atom stereocenters. The third kappa shape index (κ3) is 2.29. The molecule has 0 aromatic heterocycles. The number of benzene rings is 2. The van der Waals surface area contributed by atoms with Crippen LogP contribution >= 0.6 is 0 Å². The Hall–Kier alpha value is -2.29. The van der Waals surface area contributed by atoms with E-state index in [2.05, 4.69) is 6.07 Å². The Morgan fingerprint density at radius 1 is 1.10 bits per heavy atom. The van der Waals surface area contributed by atoms with Gasteiger partial charge in [-0.15, -0.1) is 0 Å². The van der Waals surface area contributed by atoms with Gasteiger partial charge in [-0.1, -0.05) is 23.8 Å². The van der Waals surface area contributed by atoms with Crippen molar-refractivity contribution in [3.63, 3.8) is 0 Å². The zero-order chi connectivity index (χ0) is 15.1. The van der Waals surface area contributed by atoms with Crippen molar-refractivity contribution in [1.29, 1.82) is 0 Å². The maximum atomic E-state index is 12.8. The smallest absolute Gasteiger partial charge is 0.258 e. The minimum absolute atomic E-state index is 0.0644. The molecule has 3 nitrogen and oxygen atoms in total. The largest absolute Gasteiger partial charge is 0.398 e. The molecule has 0 bridgehead atoms. The lowest BCUT2D eigenvalue weighted by atomic mass is 10.0. The first-order chi connectivity index (χ1) is 9.97. The van der Waals surface area contributed by atoms with E-state index < -0.39 is 0 Å². The van der Waals surface area contributed by atoms with Crippen LogP contribution in [-0.4, -0.2) is 12.5 Å². The Balaban J connectivity index is 2.00. The number of nitrogens with two attached hydrogens (primary N) is 1. The number of amides is 1. The predicted molar refractivity (Wildman–Crippen MR) is 86.9 cm³/mol. The molecule has 0 unspecified atom stereocenters. The summed E-state index contributed by atoms with van der Waals surface area (Å²) in [5.74, 6) is 0.0644. The molecule has 0 spiro atoms. The summed E-state index contributed by atoms with van der Waals surface area (Å²) in [4.78, 5) is 14.7. The average molecular weight is 280 g/mol. The number of rotatable bonds is 1. The second-order valence-corrected chi connectivity index (χ2v) is 5.86. The maximum absolute atomic E-state index is 12.8. The summed E-state index contributed by atoms with van der Waals surface area (Å²) in [7, 11) is 0. The molecule has 3 rings (SSSR count). The average Bonchev–Trinajstić information content (AvgIpc) is 2.81. The van der Waals surface area contributed by atoms with E-state index in [9.17, 15) is 4.79 Å². The zero-order valence-corrected chi connectivity index (χ0v) is 12.7. The lowest BCUT2D eigenvalue weighted by Crippen LogP contribution is -2.29. The predicted octanol–water partition coefficient (Wildman–Crippen LogP) is 3.40. The van der Waals surface area contributed by atoms with Crippen molar-refractivity contribution >= 4 is 17.3 Å². The molecule has 0 saturated carbocycles. The third-order valence-corrected chi connectivity index (χ3v) is 4.22. The number of hydrogen-bond acceptors (Lipinski definition) is 2. The van der Waals surface area contributed by atoms with E-state index in [1.165, 1.54) is 11.1 Å². The van der Waals surface area contributed by atoms with Crippen LogP contribution in [0.15, 0.2) is 30.3 Å². The van der Waals surface area contributed by atoms with Crippen molar-refractivity contribution in [2.24, 2.45) is 0 Å². The van der Waals surface area contributed by atoms with E-state index >= 15 is 0 Å². The van der Waals surface area contributed by atoms with E-state index in [1.54, 1.807) is 0 Å². The highest BCUT2D eigenvalue weighted by molar-refractivity contribution is 6.08. The van der Waals surface area contributed by atoms with E-state index in [0.717, 1.165) is 41.0 Å². The number of fused-ring (bicyclic) bond motifs is 1. The van der Waals surface area contributed by atoms with Crippen LogP contribution in [0.4, 0.5) is 11.4 Å². The molecule has 1 aliphatic heterocycles. The van der Waals surface area contributed by atoms with Crippen molar-refractivity contribution in [3.8, 4) is 0 Å². The van der Waals surface area contributed by atoms with Gasteiger partial charge in [-0.2, -0.15) is 0 Å². The quantitative estimate of drug-likeness (QED) is 0.814. The molecule has 2 aromatic rings. The summed E-state index contributed by atoms with van der Waals surface area (Å²) in [5.41, 5.74) is 13.0. The number of nitrogen functional groups attached to an aromatic ring is 1. The van der Waals surface area contributed by atoms with Crippen LogP contribution in [0.25, 0.3) is 0 Å². The molecule has 0 fully saturated rings. The second kappa shape index (κ2) is 4.92. The van der Waals surface area contributed by atoms with E-state index in [0.29, 0.717) is 0 Å². The Kier molecular flexibility index (Phi) is 3.20. The topological polar surface area (TPSA) is 46.3 Å². The number of aryl methyl sites for hydroxylation is 3. The molecule has 0 aliphatic carbocycles. The molecular weight excluding hydrogens is 260 g/mol. The first kappa shape index (κ1) is 13.7. The standard InChI is InChI=1S/C18H20N2O/c1-11-4-5-15(12(2)8-11)18(21)20-7-6-14-9-13(3)16(19)10-17(14)20/h4-5,8-10H,6-7,19H2,1-3H3. The Bertz CT molecular complexity index is 734. The van der Waals surface area contributed by atoms with E-state index in [1.807, 2.05) is 49.9 Å². The lowest BCUT2D eigenvalue weighted by molar-refractivity contribution is 0.0989. The van der Waals surface area contributed by atoms with Crippen LogP contribution < -0.4 is 10.6 Å². The Morgan fingerprint density at radius 3 is 2.57 bits per heavy atom. The summed E-state index contributed by atoms with van der Waals surface area (Å²) >= 11 is 0. The van der Waals surface area contributed by atoms with Crippen LogP contribution in [0, 0.1) is 20.8 Å². The van der Waals surface area contributed by atoms with Gasteiger partial charge in [0.2, 0.25) is 0 Å². The molecule has 0 saturated heterocycles. The minimum atomic E-state index is 0.0644. The van der Waals surface area contributed by atoms with Gasteiger partial charge in [-0.3, -0.25) is 4.79 Å². The molecule has 1 amide bonds.